The van der Waals surface area contributed by atoms with Crippen LogP contribution in [0.5, 0.6) is 11.5 Å². The van der Waals surface area contributed by atoms with Gasteiger partial charge >= 0.3 is 0 Å². The first-order valence-corrected chi connectivity index (χ1v) is 10.6. The summed E-state index contributed by atoms with van der Waals surface area (Å²) < 4.78 is 32.3. The Morgan fingerprint density at radius 1 is 1.17 bits per heavy atom. The lowest BCUT2D eigenvalue weighted by Crippen LogP contribution is -2.39. The van der Waals surface area contributed by atoms with Gasteiger partial charge in [-0.1, -0.05) is 18.5 Å². The minimum Gasteiger partial charge on any atom is -0.457 e. The van der Waals surface area contributed by atoms with Crippen LogP contribution in [-0.4, -0.2) is 30.6 Å². The number of sulfone groups is 1. The lowest BCUT2D eigenvalue weighted by molar-refractivity contribution is -0.133. The molecule has 0 radical (unpaired) electrons. The lowest BCUT2D eigenvalue weighted by atomic mass is 10.0. The summed E-state index contributed by atoms with van der Waals surface area (Å²) in [6, 6.07) is 12.7. The number of rotatable bonds is 7. The Morgan fingerprint density at radius 3 is 2.28 bits per heavy atom. The fourth-order valence-corrected chi connectivity index (χ4v) is 4.92. The molecule has 0 fully saturated rings. The Kier molecular flexibility index (Phi) is 6.07. The maximum atomic E-state index is 13.3. The summed E-state index contributed by atoms with van der Waals surface area (Å²) in [6.45, 7) is 1.52. The Hall–Kier alpha value is -2.68. The van der Waals surface area contributed by atoms with Crippen LogP contribution >= 0.6 is 11.6 Å². The minimum absolute atomic E-state index is 0.0428. The van der Waals surface area contributed by atoms with Crippen molar-refractivity contribution in [1.82, 2.24) is 5.48 Å². The molecule has 0 bridgehead atoms. The van der Waals surface area contributed by atoms with Gasteiger partial charge in [0, 0.05) is 23.6 Å². The molecule has 152 valence electrons. The smallest absolute Gasteiger partial charge is 0.246 e. The summed E-state index contributed by atoms with van der Waals surface area (Å²) in [6.07, 6.45) is 4.25. The molecule has 0 spiro atoms. The first kappa shape index (κ1) is 21.0. The molecule has 3 rings (SSSR count). The van der Waals surface area contributed by atoms with E-state index in [-0.39, 0.29) is 11.3 Å². The first-order valence-electron chi connectivity index (χ1n) is 8.72. The molecule has 0 saturated carbocycles. The van der Waals surface area contributed by atoms with Crippen LogP contribution in [0.25, 0.3) is 0 Å². The zero-order chi connectivity index (χ0) is 21.1. The molecule has 2 unspecified atom stereocenters. The highest BCUT2D eigenvalue weighted by molar-refractivity contribution is 7.93. The first-order chi connectivity index (χ1) is 13.8. The molecule has 0 aliphatic carbocycles. The van der Waals surface area contributed by atoms with Crippen LogP contribution in [0.15, 0.2) is 70.6 Å². The second-order valence-corrected chi connectivity index (χ2v) is 9.22. The molecule has 2 aromatic rings. The van der Waals surface area contributed by atoms with Crippen LogP contribution in [0.4, 0.5) is 0 Å². The van der Waals surface area contributed by atoms with E-state index in [1.807, 2.05) is 0 Å². The standard InChI is InChI=1S/C20H19ClN2O5S/c1-14(19(24)23-25)13-20(11-2-12-22-20)29(26,27)18-9-7-17(8-10-18)28-16-5-3-15(21)4-6-16/h2-12,14,25H,13H2,1H3,(H,23,24). The number of hydrogen-bond acceptors (Lipinski definition) is 6. The second kappa shape index (κ2) is 8.36. The maximum Gasteiger partial charge on any atom is 0.246 e. The zero-order valence-electron chi connectivity index (χ0n) is 15.4. The van der Waals surface area contributed by atoms with E-state index in [1.54, 1.807) is 41.9 Å². The highest BCUT2D eigenvalue weighted by Crippen LogP contribution is 2.37. The molecule has 2 atom stereocenters. The van der Waals surface area contributed by atoms with Crippen LogP contribution in [-0.2, 0) is 14.6 Å². The zero-order valence-corrected chi connectivity index (χ0v) is 17.0. The number of nitrogens with one attached hydrogen (secondary N) is 1. The van der Waals surface area contributed by atoms with Crippen LogP contribution < -0.4 is 10.2 Å². The number of allylic oxidation sites excluding steroid dienone is 1. The average molecular weight is 435 g/mol. The summed E-state index contributed by atoms with van der Waals surface area (Å²) in [5, 5.41) is 9.40. The molecule has 0 saturated heterocycles. The van der Waals surface area contributed by atoms with Gasteiger partial charge < -0.3 is 4.74 Å². The molecule has 1 aliphatic heterocycles. The van der Waals surface area contributed by atoms with Crippen LogP contribution in [0.2, 0.25) is 5.02 Å². The van der Waals surface area contributed by atoms with Gasteiger partial charge in [-0.15, -0.1) is 0 Å². The van der Waals surface area contributed by atoms with Gasteiger partial charge in [0.2, 0.25) is 15.7 Å². The third-order valence-corrected chi connectivity index (χ3v) is 7.02. The number of carbonyl (C=O) groups is 1. The summed E-state index contributed by atoms with van der Waals surface area (Å²) in [7, 11) is -3.95. The van der Waals surface area contributed by atoms with Gasteiger partial charge in [-0.2, -0.15) is 0 Å². The van der Waals surface area contributed by atoms with E-state index < -0.39 is 26.5 Å². The molecule has 1 amide bonds. The predicted molar refractivity (Wildman–Crippen MR) is 109 cm³/mol. The molecule has 0 aromatic heterocycles. The number of benzene rings is 2. The van der Waals surface area contributed by atoms with Gasteiger partial charge in [-0.3, -0.25) is 15.0 Å². The van der Waals surface area contributed by atoms with Crippen molar-refractivity contribution in [3.63, 3.8) is 0 Å². The summed E-state index contributed by atoms with van der Waals surface area (Å²) in [5.41, 5.74) is 1.55. The molecule has 7 nitrogen and oxygen atoms in total. The monoisotopic (exact) mass is 434 g/mol. The van der Waals surface area contributed by atoms with Crippen molar-refractivity contribution >= 4 is 33.6 Å². The SMILES string of the molecule is CC(CC1(S(=O)(=O)c2ccc(Oc3ccc(Cl)cc3)cc2)C=CC=N1)C(=O)NO. The van der Waals surface area contributed by atoms with Gasteiger partial charge in [0.25, 0.3) is 0 Å². The van der Waals surface area contributed by atoms with E-state index in [4.69, 9.17) is 21.5 Å². The molecule has 9 heteroatoms. The van der Waals surface area contributed by atoms with E-state index in [1.165, 1.54) is 37.4 Å². The van der Waals surface area contributed by atoms with Gasteiger partial charge in [0.15, 0.2) is 4.87 Å². The van der Waals surface area contributed by atoms with Crippen molar-refractivity contribution in [3.05, 3.63) is 65.7 Å². The predicted octanol–water partition coefficient (Wildman–Crippen LogP) is 3.77. The number of hydrogen-bond donors (Lipinski definition) is 2. The Labute approximate surface area is 173 Å². The number of hydroxylamine groups is 1. The van der Waals surface area contributed by atoms with Crippen molar-refractivity contribution in [3.8, 4) is 11.5 Å². The van der Waals surface area contributed by atoms with Crippen LogP contribution in [0, 0.1) is 5.92 Å². The summed E-state index contributed by atoms with van der Waals surface area (Å²) in [5.74, 6) is -0.434. The highest BCUT2D eigenvalue weighted by atomic mass is 35.5. The molecule has 2 aromatic carbocycles. The Balaban J connectivity index is 1.85. The van der Waals surface area contributed by atoms with Gasteiger partial charge in [-0.05, 0) is 60.7 Å². The average Bonchev–Trinajstić information content (AvgIpc) is 3.19. The van der Waals surface area contributed by atoms with Gasteiger partial charge in [0.1, 0.15) is 11.5 Å². The van der Waals surface area contributed by atoms with Crippen molar-refractivity contribution in [2.75, 3.05) is 0 Å². The summed E-state index contributed by atoms with van der Waals surface area (Å²) >= 11 is 5.85. The van der Waals surface area contributed by atoms with Gasteiger partial charge in [-0.25, -0.2) is 13.9 Å². The molecule has 2 N–H and O–H groups in total. The Morgan fingerprint density at radius 2 is 1.76 bits per heavy atom. The number of halogens is 1. The third-order valence-electron chi connectivity index (χ3n) is 4.54. The molecular formula is C20H19ClN2O5S. The van der Waals surface area contributed by atoms with E-state index in [2.05, 4.69) is 4.99 Å². The second-order valence-electron chi connectivity index (χ2n) is 6.59. The van der Waals surface area contributed by atoms with Crippen molar-refractivity contribution in [1.29, 1.82) is 0 Å². The molecule has 1 heterocycles. The van der Waals surface area contributed by atoms with Crippen molar-refractivity contribution in [2.45, 2.75) is 23.1 Å². The minimum atomic E-state index is -3.95. The van der Waals surface area contributed by atoms with E-state index in [0.717, 1.165) is 0 Å². The fourth-order valence-electron chi connectivity index (χ4n) is 2.97. The highest BCUT2D eigenvalue weighted by Gasteiger charge is 2.45. The number of aliphatic imine (C=N–C) groups is 1. The number of nitrogens with zero attached hydrogens (tertiary/aromatic N) is 1. The summed E-state index contributed by atoms with van der Waals surface area (Å²) in [4.78, 5) is 14.3. The van der Waals surface area contributed by atoms with E-state index >= 15 is 0 Å². The maximum absolute atomic E-state index is 13.3. The molecule has 1 aliphatic rings. The molecule has 29 heavy (non-hydrogen) atoms. The number of ether oxygens (including phenoxy) is 1. The number of carbonyl (C=O) groups excluding carboxylic acids is 1. The fraction of sp³-hybridized carbons (Fsp3) is 0.200. The van der Waals surface area contributed by atoms with Crippen molar-refractivity contribution < 1.29 is 23.2 Å². The van der Waals surface area contributed by atoms with E-state index in [9.17, 15) is 13.2 Å². The van der Waals surface area contributed by atoms with Crippen LogP contribution in [0.1, 0.15) is 13.3 Å². The topological polar surface area (TPSA) is 105 Å². The van der Waals surface area contributed by atoms with Crippen molar-refractivity contribution in [2.24, 2.45) is 10.9 Å². The third kappa shape index (κ3) is 4.34. The van der Waals surface area contributed by atoms with E-state index in [0.29, 0.717) is 16.5 Å². The number of amides is 1. The lowest BCUT2D eigenvalue weighted by Gasteiger charge is -2.26. The van der Waals surface area contributed by atoms with Crippen LogP contribution in [0.3, 0.4) is 0 Å². The quantitative estimate of drug-likeness (QED) is 0.509. The van der Waals surface area contributed by atoms with Gasteiger partial charge in [0.05, 0.1) is 4.90 Å². The Bertz CT molecular complexity index is 1040. The normalized spacial score (nSPS) is 19.1. The molecular weight excluding hydrogens is 416 g/mol. The largest absolute Gasteiger partial charge is 0.457 e.